The number of rotatable bonds is 9. The predicted molar refractivity (Wildman–Crippen MR) is 107 cm³/mol. The van der Waals surface area contributed by atoms with Crippen LogP contribution in [-0.4, -0.2) is 60.4 Å². The quantitative estimate of drug-likeness (QED) is 0.652. The number of piperidine rings is 1. The zero-order valence-electron chi connectivity index (χ0n) is 16.3. The van der Waals surface area contributed by atoms with Crippen molar-refractivity contribution >= 4 is 5.91 Å². The number of likely N-dealkylation sites (tertiary alicyclic amines) is 1. The summed E-state index contributed by atoms with van der Waals surface area (Å²) in [5, 5.41) is 13.2. The number of aliphatic hydroxyl groups is 1. The van der Waals surface area contributed by atoms with Crippen molar-refractivity contribution in [3.05, 3.63) is 35.9 Å². The first-order valence-electron chi connectivity index (χ1n) is 10.6. The second kappa shape index (κ2) is 10.8. The summed E-state index contributed by atoms with van der Waals surface area (Å²) >= 11 is 0. The van der Waals surface area contributed by atoms with Gasteiger partial charge in [0, 0.05) is 38.2 Å². The van der Waals surface area contributed by atoms with E-state index in [1.165, 1.54) is 5.56 Å². The molecule has 2 aliphatic rings. The number of hydrogen-bond donors (Lipinski definition) is 2. The maximum absolute atomic E-state index is 12.1. The van der Waals surface area contributed by atoms with Crippen molar-refractivity contribution in [3.8, 4) is 0 Å². The molecule has 0 radical (unpaired) electrons. The molecule has 0 unspecified atom stereocenters. The fraction of sp³-hybridized carbons (Fsp3) is 0.682. The molecule has 1 aliphatic heterocycles. The standard InChI is InChI=1S/C22H34N2O3/c25-21-9-4-8-20(21)24-14-11-19(12-15-24)23-22(26)10-5-16-27-17-13-18-6-2-1-3-7-18/h1-3,6-7,19-21,25H,4-5,8-17H2,(H,23,26)/t20-,21+/m0/s1. The van der Waals surface area contributed by atoms with Crippen LogP contribution < -0.4 is 5.32 Å². The van der Waals surface area contributed by atoms with E-state index >= 15 is 0 Å². The second-order valence-electron chi connectivity index (χ2n) is 7.89. The van der Waals surface area contributed by atoms with Crippen LogP contribution in [0.1, 0.15) is 50.5 Å². The number of hydrogen-bond acceptors (Lipinski definition) is 4. The van der Waals surface area contributed by atoms with Crippen molar-refractivity contribution in [2.45, 2.75) is 69.6 Å². The van der Waals surface area contributed by atoms with Gasteiger partial charge in [0.05, 0.1) is 12.7 Å². The summed E-state index contributed by atoms with van der Waals surface area (Å²) in [7, 11) is 0. The number of carbonyl (C=O) groups excluding carboxylic acids is 1. The summed E-state index contributed by atoms with van der Waals surface area (Å²) in [6, 6.07) is 10.9. The fourth-order valence-electron chi connectivity index (χ4n) is 4.29. The molecule has 3 rings (SSSR count). The molecule has 0 spiro atoms. The molecule has 1 saturated carbocycles. The van der Waals surface area contributed by atoms with Crippen LogP contribution in [0.3, 0.4) is 0 Å². The molecular formula is C22H34N2O3. The van der Waals surface area contributed by atoms with Crippen molar-refractivity contribution in [1.29, 1.82) is 0 Å². The average Bonchev–Trinajstić information content (AvgIpc) is 3.12. The Morgan fingerprint density at radius 3 is 2.59 bits per heavy atom. The molecule has 5 heteroatoms. The largest absolute Gasteiger partial charge is 0.391 e. The Balaban J connectivity index is 1.22. The first-order chi connectivity index (χ1) is 13.2. The number of amides is 1. The Bertz CT molecular complexity index is 558. The van der Waals surface area contributed by atoms with E-state index in [4.69, 9.17) is 4.74 Å². The van der Waals surface area contributed by atoms with E-state index in [-0.39, 0.29) is 18.1 Å². The third kappa shape index (κ3) is 6.59. The summed E-state index contributed by atoms with van der Waals surface area (Å²) in [5.41, 5.74) is 1.28. The molecule has 1 heterocycles. The molecule has 1 amide bonds. The lowest BCUT2D eigenvalue weighted by molar-refractivity contribution is -0.122. The minimum absolute atomic E-state index is 0.140. The summed E-state index contributed by atoms with van der Waals surface area (Å²) in [6.45, 7) is 3.31. The predicted octanol–water partition coefficient (Wildman–Crippen LogP) is 2.52. The van der Waals surface area contributed by atoms with Crippen LogP contribution in [0, 0.1) is 0 Å². The van der Waals surface area contributed by atoms with Gasteiger partial charge in [-0.1, -0.05) is 30.3 Å². The molecule has 2 fully saturated rings. The molecule has 1 saturated heterocycles. The molecule has 27 heavy (non-hydrogen) atoms. The Hall–Kier alpha value is -1.43. The van der Waals surface area contributed by atoms with Crippen molar-refractivity contribution in [3.63, 3.8) is 0 Å². The van der Waals surface area contributed by atoms with Gasteiger partial charge in [-0.2, -0.15) is 0 Å². The van der Waals surface area contributed by atoms with Gasteiger partial charge in [0.2, 0.25) is 5.91 Å². The fourth-order valence-corrected chi connectivity index (χ4v) is 4.29. The van der Waals surface area contributed by atoms with Crippen molar-refractivity contribution in [1.82, 2.24) is 10.2 Å². The van der Waals surface area contributed by atoms with Crippen LogP contribution in [0.5, 0.6) is 0 Å². The normalized spacial score (nSPS) is 24.2. The van der Waals surface area contributed by atoms with Crippen LogP contribution >= 0.6 is 0 Å². The highest BCUT2D eigenvalue weighted by atomic mass is 16.5. The van der Waals surface area contributed by atoms with Gasteiger partial charge in [0.15, 0.2) is 0 Å². The van der Waals surface area contributed by atoms with E-state index in [2.05, 4.69) is 22.3 Å². The lowest BCUT2D eigenvalue weighted by Gasteiger charge is -2.37. The third-order valence-electron chi connectivity index (χ3n) is 5.88. The molecule has 0 aromatic heterocycles. The monoisotopic (exact) mass is 374 g/mol. The summed E-state index contributed by atoms with van der Waals surface area (Å²) < 4.78 is 5.65. The summed E-state index contributed by atoms with van der Waals surface area (Å²) in [5.74, 6) is 0.140. The SMILES string of the molecule is O=C(CCCOCCc1ccccc1)NC1CCN([C@H]2CCC[C@H]2O)CC1. The second-order valence-corrected chi connectivity index (χ2v) is 7.89. The topological polar surface area (TPSA) is 61.8 Å². The van der Waals surface area contributed by atoms with Crippen LogP contribution in [0.15, 0.2) is 30.3 Å². The van der Waals surface area contributed by atoms with Crippen molar-refractivity contribution in [2.24, 2.45) is 0 Å². The van der Waals surface area contributed by atoms with E-state index in [0.717, 1.165) is 58.0 Å². The number of nitrogens with zero attached hydrogens (tertiary/aromatic N) is 1. The van der Waals surface area contributed by atoms with Crippen LogP contribution in [-0.2, 0) is 16.0 Å². The summed E-state index contributed by atoms with van der Waals surface area (Å²) in [6.07, 6.45) is 7.23. The summed E-state index contributed by atoms with van der Waals surface area (Å²) in [4.78, 5) is 14.6. The maximum atomic E-state index is 12.1. The smallest absolute Gasteiger partial charge is 0.220 e. The lowest BCUT2D eigenvalue weighted by atomic mass is 10.0. The molecule has 1 aliphatic carbocycles. The van der Waals surface area contributed by atoms with Gasteiger partial charge >= 0.3 is 0 Å². The van der Waals surface area contributed by atoms with Crippen molar-refractivity contribution in [2.75, 3.05) is 26.3 Å². The number of aliphatic hydroxyl groups excluding tert-OH is 1. The van der Waals surface area contributed by atoms with Gasteiger partial charge in [-0.05, 0) is 50.5 Å². The van der Waals surface area contributed by atoms with E-state index in [9.17, 15) is 9.90 Å². The Morgan fingerprint density at radius 2 is 1.89 bits per heavy atom. The first kappa shape index (κ1) is 20.3. The van der Waals surface area contributed by atoms with Crippen LogP contribution in [0.25, 0.3) is 0 Å². The van der Waals surface area contributed by atoms with Crippen LogP contribution in [0.4, 0.5) is 0 Å². The molecule has 150 valence electrons. The number of benzene rings is 1. The van der Waals surface area contributed by atoms with Gasteiger partial charge in [-0.25, -0.2) is 0 Å². The maximum Gasteiger partial charge on any atom is 0.220 e. The van der Waals surface area contributed by atoms with Gasteiger partial charge in [-0.15, -0.1) is 0 Å². The van der Waals surface area contributed by atoms with E-state index in [0.29, 0.717) is 25.7 Å². The van der Waals surface area contributed by atoms with Crippen LogP contribution in [0.2, 0.25) is 0 Å². The van der Waals surface area contributed by atoms with Crippen molar-refractivity contribution < 1.29 is 14.6 Å². The Labute approximate surface area is 163 Å². The van der Waals surface area contributed by atoms with Gasteiger partial charge in [-0.3, -0.25) is 9.69 Å². The zero-order chi connectivity index (χ0) is 18.9. The highest BCUT2D eigenvalue weighted by Gasteiger charge is 2.33. The van der Waals surface area contributed by atoms with Gasteiger partial charge < -0.3 is 15.2 Å². The molecule has 2 atom stereocenters. The minimum atomic E-state index is -0.155. The van der Waals surface area contributed by atoms with Gasteiger partial charge in [0.25, 0.3) is 0 Å². The molecule has 5 nitrogen and oxygen atoms in total. The van der Waals surface area contributed by atoms with Gasteiger partial charge in [0.1, 0.15) is 0 Å². The highest BCUT2D eigenvalue weighted by Crippen LogP contribution is 2.26. The first-order valence-corrected chi connectivity index (χ1v) is 10.6. The number of carbonyl (C=O) groups is 1. The van der Waals surface area contributed by atoms with E-state index in [1.807, 2.05) is 18.2 Å². The Kier molecular flexibility index (Phi) is 8.11. The minimum Gasteiger partial charge on any atom is -0.391 e. The Morgan fingerprint density at radius 1 is 1.11 bits per heavy atom. The average molecular weight is 375 g/mol. The lowest BCUT2D eigenvalue weighted by Crippen LogP contribution is -2.49. The molecule has 1 aromatic rings. The van der Waals surface area contributed by atoms with E-state index in [1.54, 1.807) is 0 Å². The molecule has 1 aromatic carbocycles. The molecule has 2 N–H and O–H groups in total. The molecule has 0 bridgehead atoms. The van der Waals surface area contributed by atoms with E-state index < -0.39 is 0 Å². The third-order valence-corrected chi connectivity index (χ3v) is 5.88. The number of ether oxygens (including phenoxy) is 1. The highest BCUT2D eigenvalue weighted by molar-refractivity contribution is 5.76. The molecular weight excluding hydrogens is 340 g/mol. The zero-order valence-corrected chi connectivity index (χ0v) is 16.3. The number of nitrogens with one attached hydrogen (secondary N) is 1.